The number of methoxy groups -OCH3 is 1. The van der Waals surface area contributed by atoms with E-state index in [9.17, 15) is 4.79 Å². The van der Waals surface area contributed by atoms with Crippen molar-refractivity contribution in [1.82, 2.24) is 9.97 Å². The summed E-state index contributed by atoms with van der Waals surface area (Å²) in [5, 5.41) is 12.3. The van der Waals surface area contributed by atoms with Gasteiger partial charge >= 0.3 is 5.97 Å². The molecule has 0 fully saturated rings. The first-order valence-electron chi connectivity index (χ1n) is 4.65. The van der Waals surface area contributed by atoms with Crippen LogP contribution in [0.15, 0.2) is 23.8 Å². The van der Waals surface area contributed by atoms with Crippen LogP contribution in [0.5, 0.6) is 5.88 Å². The molecule has 2 aromatic rings. The lowest BCUT2D eigenvalue weighted by Gasteiger charge is -2.08. The molecule has 2 rings (SSSR count). The second-order valence-corrected chi connectivity index (χ2v) is 3.88. The van der Waals surface area contributed by atoms with Gasteiger partial charge in [0.15, 0.2) is 5.69 Å². The quantitative estimate of drug-likeness (QED) is 0.864. The number of aromatic carboxylic acids is 1. The number of ether oxygens (including phenoxy) is 1. The monoisotopic (exact) mass is 251 g/mol. The summed E-state index contributed by atoms with van der Waals surface area (Å²) in [7, 11) is 1.50. The highest BCUT2D eigenvalue weighted by atomic mass is 32.1. The lowest BCUT2D eigenvalue weighted by molar-refractivity contribution is 0.0692. The Labute approximate surface area is 101 Å². The topological polar surface area (TPSA) is 84.3 Å². The number of hydrogen-bond donors (Lipinski definition) is 2. The number of nitrogens with zero attached hydrogens (tertiary/aromatic N) is 2. The summed E-state index contributed by atoms with van der Waals surface area (Å²) in [6.07, 6.45) is 1.59. The molecule has 6 nitrogen and oxygen atoms in total. The van der Waals surface area contributed by atoms with Gasteiger partial charge in [0.05, 0.1) is 12.6 Å². The van der Waals surface area contributed by atoms with Gasteiger partial charge in [0.1, 0.15) is 10.7 Å². The van der Waals surface area contributed by atoms with Crippen LogP contribution in [0.25, 0.3) is 0 Å². The predicted octanol–water partition coefficient (Wildman–Crippen LogP) is 1.99. The van der Waals surface area contributed by atoms with Crippen molar-refractivity contribution < 1.29 is 14.6 Å². The molecule has 0 saturated heterocycles. The molecule has 0 aromatic carbocycles. The Kier molecular flexibility index (Phi) is 3.20. The Morgan fingerprint density at radius 3 is 3.06 bits per heavy atom. The lowest BCUT2D eigenvalue weighted by atomic mass is 10.4. The largest absolute Gasteiger partial charge is 0.480 e. The average molecular weight is 251 g/mol. The SMILES string of the molecule is COc1ncccc1Nc1scnc1C(=O)O. The Morgan fingerprint density at radius 2 is 2.35 bits per heavy atom. The minimum Gasteiger partial charge on any atom is -0.480 e. The van der Waals surface area contributed by atoms with Crippen LogP contribution in [0.2, 0.25) is 0 Å². The summed E-state index contributed by atoms with van der Waals surface area (Å²) in [6, 6.07) is 3.48. The van der Waals surface area contributed by atoms with Crippen molar-refractivity contribution in [2.75, 3.05) is 12.4 Å². The Balaban J connectivity index is 2.31. The highest BCUT2D eigenvalue weighted by Crippen LogP contribution is 2.29. The second kappa shape index (κ2) is 4.79. The van der Waals surface area contributed by atoms with E-state index >= 15 is 0 Å². The van der Waals surface area contributed by atoms with Gasteiger partial charge < -0.3 is 15.2 Å². The summed E-state index contributed by atoms with van der Waals surface area (Å²) >= 11 is 1.21. The van der Waals surface area contributed by atoms with Gasteiger partial charge in [-0.15, -0.1) is 11.3 Å². The first-order valence-corrected chi connectivity index (χ1v) is 5.53. The fourth-order valence-corrected chi connectivity index (χ4v) is 1.94. The number of pyridine rings is 1. The van der Waals surface area contributed by atoms with E-state index in [0.717, 1.165) is 0 Å². The maximum absolute atomic E-state index is 10.9. The number of carboxylic acids is 1. The van der Waals surface area contributed by atoms with Crippen LogP contribution < -0.4 is 10.1 Å². The van der Waals surface area contributed by atoms with E-state index < -0.39 is 5.97 Å². The van der Waals surface area contributed by atoms with Crippen LogP contribution in [0.4, 0.5) is 10.7 Å². The molecule has 2 heterocycles. The number of carboxylic acid groups (broad SMARTS) is 1. The molecule has 0 aliphatic rings. The molecule has 0 bridgehead atoms. The van der Waals surface area contributed by atoms with Crippen molar-refractivity contribution in [2.24, 2.45) is 0 Å². The summed E-state index contributed by atoms with van der Waals surface area (Å²) in [5.41, 5.74) is 2.05. The van der Waals surface area contributed by atoms with Gasteiger partial charge in [0.2, 0.25) is 5.88 Å². The van der Waals surface area contributed by atoms with E-state index in [0.29, 0.717) is 16.6 Å². The first kappa shape index (κ1) is 11.3. The maximum Gasteiger partial charge on any atom is 0.357 e. The van der Waals surface area contributed by atoms with Crippen molar-refractivity contribution >= 4 is 28.0 Å². The van der Waals surface area contributed by atoms with E-state index in [-0.39, 0.29) is 5.69 Å². The molecule has 0 aliphatic heterocycles. The number of thiazole rings is 1. The molecule has 7 heteroatoms. The Morgan fingerprint density at radius 1 is 1.53 bits per heavy atom. The second-order valence-electron chi connectivity index (χ2n) is 3.02. The average Bonchev–Trinajstić information content (AvgIpc) is 2.78. The molecule has 88 valence electrons. The standard InChI is InChI=1S/C10H9N3O3S/c1-16-8-6(3-2-4-11-8)13-9-7(10(14)15)12-5-17-9/h2-5,13H,1H3,(H,14,15). The molecule has 2 aromatic heterocycles. The number of carbonyl (C=O) groups is 1. The molecule has 0 unspecified atom stereocenters. The molecule has 0 spiro atoms. The van der Waals surface area contributed by atoms with E-state index in [1.165, 1.54) is 24.0 Å². The van der Waals surface area contributed by atoms with Crippen molar-refractivity contribution in [3.05, 3.63) is 29.5 Å². The van der Waals surface area contributed by atoms with Crippen LogP contribution in [0.3, 0.4) is 0 Å². The fraction of sp³-hybridized carbons (Fsp3) is 0.100. The molecule has 17 heavy (non-hydrogen) atoms. The number of anilines is 2. The number of aromatic nitrogens is 2. The predicted molar refractivity (Wildman–Crippen MR) is 63.1 cm³/mol. The van der Waals surface area contributed by atoms with Gasteiger partial charge in [-0.2, -0.15) is 0 Å². The summed E-state index contributed by atoms with van der Waals surface area (Å²) in [4.78, 5) is 18.7. The normalized spacial score (nSPS) is 9.94. The minimum absolute atomic E-state index is 0.0130. The maximum atomic E-state index is 10.9. The van der Waals surface area contributed by atoms with Gasteiger partial charge in [-0.05, 0) is 12.1 Å². The summed E-state index contributed by atoms with van der Waals surface area (Å²) in [5.74, 6) is -0.672. The van der Waals surface area contributed by atoms with E-state index in [1.807, 2.05) is 0 Å². The number of hydrogen-bond acceptors (Lipinski definition) is 6. The third-order valence-corrected chi connectivity index (χ3v) is 2.72. The Hall–Kier alpha value is -2.15. The van der Waals surface area contributed by atoms with Crippen molar-refractivity contribution in [3.63, 3.8) is 0 Å². The van der Waals surface area contributed by atoms with Crippen molar-refractivity contribution in [1.29, 1.82) is 0 Å². The van der Waals surface area contributed by atoms with Gasteiger partial charge in [-0.25, -0.2) is 14.8 Å². The molecule has 2 N–H and O–H groups in total. The molecule has 0 radical (unpaired) electrons. The lowest BCUT2D eigenvalue weighted by Crippen LogP contribution is -2.02. The summed E-state index contributed by atoms with van der Waals surface area (Å²) < 4.78 is 5.06. The third kappa shape index (κ3) is 2.34. The van der Waals surface area contributed by atoms with Crippen LogP contribution in [-0.4, -0.2) is 28.2 Å². The highest BCUT2D eigenvalue weighted by Gasteiger charge is 2.15. The molecule has 0 amide bonds. The third-order valence-electron chi connectivity index (χ3n) is 1.98. The fourth-order valence-electron chi connectivity index (χ4n) is 1.26. The number of rotatable bonds is 4. The Bertz CT molecular complexity index is 541. The van der Waals surface area contributed by atoms with Crippen molar-refractivity contribution in [3.8, 4) is 5.88 Å². The zero-order valence-corrected chi connectivity index (χ0v) is 9.69. The summed E-state index contributed by atoms with van der Waals surface area (Å²) in [6.45, 7) is 0. The highest BCUT2D eigenvalue weighted by molar-refractivity contribution is 7.14. The molecular formula is C10H9N3O3S. The molecule has 0 atom stereocenters. The molecule has 0 aliphatic carbocycles. The van der Waals surface area contributed by atoms with Crippen LogP contribution in [-0.2, 0) is 0 Å². The van der Waals surface area contributed by atoms with E-state index in [4.69, 9.17) is 9.84 Å². The van der Waals surface area contributed by atoms with E-state index in [1.54, 1.807) is 18.3 Å². The smallest absolute Gasteiger partial charge is 0.357 e. The van der Waals surface area contributed by atoms with Crippen LogP contribution in [0, 0.1) is 0 Å². The van der Waals surface area contributed by atoms with Gasteiger partial charge in [-0.1, -0.05) is 0 Å². The van der Waals surface area contributed by atoms with E-state index in [2.05, 4.69) is 15.3 Å². The first-order chi connectivity index (χ1) is 8.22. The van der Waals surface area contributed by atoms with Gasteiger partial charge in [-0.3, -0.25) is 0 Å². The minimum atomic E-state index is -1.07. The van der Waals surface area contributed by atoms with Gasteiger partial charge in [0.25, 0.3) is 0 Å². The van der Waals surface area contributed by atoms with Crippen molar-refractivity contribution in [2.45, 2.75) is 0 Å². The zero-order chi connectivity index (χ0) is 12.3. The molecular weight excluding hydrogens is 242 g/mol. The number of nitrogens with one attached hydrogen (secondary N) is 1. The van der Waals surface area contributed by atoms with Crippen LogP contribution >= 0.6 is 11.3 Å². The molecule has 0 saturated carbocycles. The van der Waals surface area contributed by atoms with Crippen LogP contribution in [0.1, 0.15) is 10.5 Å². The zero-order valence-electron chi connectivity index (χ0n) is 8.88. The van der Waals surface area contributed by atoms with Gasteiger partial charge in [0, 0.05) is 6.20 Å².